The van der Waals surface area contributed by atoms with Gasteiger partial charge in [-0.05, 0) is 30.7 Å². The Kier molecular flexibility index (Phi) is 5.18. The van der Waals surface area contributed by atoms with Crippen molar-refractivity contribution >= 4 is 17.8 Å². The number of cyclic esters (lactones) is 1. The maximum absolute atomic E-state index is 12.8. The van der Waals surface area contributed by atoms with Gasteiger partial charge in [-0.25, -0.2) is 9.78 Å². The number of nitriles is 1. The minimum Gasteiger partial charge on any atom is -0.447 e. The first-order valence-electron chi connectivity index (χ1n) is 9.55. The first-order chi connectivity index (χ1) is 14.1. The van der Waals surface area contributed by atoms with Gasteiger partial charge in [0.2, 0.25) is 0 Å². The topological polar surface area (TPSA) is 102 Å². The molecule has 3 aliphatic rings. The molecule has 1 atom stereocenters. The highest BCUT2D eigenvalue weighted by atomic mass is 16.6. The summed E-state index contributed by atoms with van der Waals surface area (Å²) in [7, 11) is 0. The van der Waals surface area contributed by atoms with Crippen LogP contribution in [0.15, 0.2) is 41.8 Å². The maximum atomic E-state index is 12.8. The summed E-state index contributed by atoms with van der Waals surface area (Å²) in [6, 6.07) is 5.52. The zero-order valence-corrected chi connectivity index (χ0v) is 16.2. The molecule has 4 heterocycles. The smallest absolute Gasteiger partial charge is 0.415 e. The Morgan fingerprint density at radius 3 is 2.66 bits per heavy atom. The van der Waals surface area contributed by atoms with E-state index in [0.29, 0.717) is 43.2 Å². The number of allylic oxidation sites excluding steroid dienone is 2. The summed E-state index contributed by atoms with van der Waals surface area (Å²) in [4.78, 5) is 34.2. The number of nitrogens with zero attached hydrogens (tertiary/aromatic N) is 5. The number of rotatable bonds is 3. The average molecular weight is 394 g/mol. The van der Waals surface area contributed by atoms with Crippen molar-refractivity contribution < 1.29 is 14.3 Å². The van der Waals surface area contributed by atoms with E-state index in [1.165, 1.54) is 11.1 Å². The molecule has 1 aromatic rings. The quantitative estimate of drug-likeness (QED) is 0.818. The number of ether oxygens (including phenoxy) is 1. The van der Waals surface area contributed by atoms with E-state index in [9.17, 15) is 9.59 Å². The van der Waals surface area contributed by atoms with E-state index in [4.69, 9.17) is 10.00 Å². The van der Waals surface area contributed by atoms with Gasteiger partial charge in [0.05, 0.1) is 17.7 Å². The van der Waals surface area contributed by atoms with E-state index >= 15 is 0 Å². The van der Waals surface area contributed by atoms with Gasteiger partial charge in [-0.3, -0.25) is 14.6 Å². The Labute approximate surface area is 168 Å². The van der Waals surface area contributed by atoms with Crippen LogP contribution in [0.4, 0.5) is 10.6 Å². The fourth-order valence-corrected chi connectivity index (χ4v) is 3.76. The highest BCUT2D eigenvalue weighted by Crippen LogP contribution is 2.19. The van der Waals surface area contributed by atoms with Gasteiger partial charge in [0, 0.05) is 38.6 Å². The van der Waals surface area contributed by atoms with Crippen molar-refractivity contribution in [1.29, 1.82) is 5.26 Å². The standard InChI is InChI=1S/C20H22N6O3/c1-14-10-15(11-21)12-23-18(14)24-4-6-25(7-5-24)19(27)16-2-3-17(22-13-16)26-8-9-29-20(26)28/h2-3,10,12-13,18,23H,4-9H2,1H3. The van der Waals surface area contributed by atoms with Crippen LogP contribution in [-0.4, -0.2) is 72.3 Å². The molecule has 0 aromatic carbocycles. The normalized spacial score (nSPS) is 22.3. The fourth-order valence-electron chi connectivity index (χ4n) is 3.76. The Hall–Kier alpha value is -3.38. The van der Waals surface area contributed by atoms with Crippen LogP contribution in [0.1, 0.15) is 17.3 Å². The summed E-state index contributed by atoms with van der Waals surface area (Å²) in [6.45, 7) is 5.51. The number of pyridine rings is 1. The Balaban J connectivity index is 1.35. The van der Waals surface area contributed by atoms with Crippen molar-refractivity contribution in [2.75, 3.05) is 44.2 Å². The Morgan fingerprint density at radius 1 is 1.28 bits per heavy atom. The van der Waals surface area contributed by atoms with Gasteiger partial charge in [0.1, 0.15) is 24.7 Å². The summed E-state index contributed by atoms with van der Waals surface area (Å²) >= 11 is 0. The molecule has 1 unspecified atom stereocenters. The van der Waals surface area contributed by atoms with Gasteiger partial charge in [-0.15, -0.1) is 0 Å². The molecule has 29 heavy (non-hydrogen) atoms. The number of hydrogen-bond acceptors (Lipinski definition) is 7. The van der Waals surface area contributed by atoms with Gasteiger partial charge in [-0.2, -0.15) is 5.26 Å². The summed E-state index contributed by atoms with van der Waals surface area (Å²) in [5.74, 6) is 0.424. The minimum atomic E-state index is -0.412. The molecule has 9 nitrogen and oxygen atoms in total. The fraction of sp³-hybridized carbons (Fsp3) is 0.400. The summed E-state index contributed by atoms with van der Waals surface area (Å²) < 4.78 is 4.91. The zero-order chi connectivity index (χ0) is 20.4. The van der Waals surface area contributed by atoms with Crippen molar-refractivity contribution in [2.24, 2.45) is 0 Å². The van der Waals surface area contributed by atoms with Crippen LogP contribution in [-0.2, 0) is 4.74 Å². The third-order valence-electron chi connectivity index (χ3n) is 5.34. The first-order valence-corrected chi connectivity index (χ1v) is 9.55. The van der Waals surface area contributed by atoms with Gasteiger partial charge in [0.15, 0.2) is 0 Å². The average Bonchev–Trinajstić information content (AvgIpc) is 3.19. The van der Waals surface area contributed by atoms with E-state index < -0.39 is 6.09 Å². The Morgan fingerprint density at radius 2 is 2.07 bits per heavy atom. The van der Waals surface area contributed by atoms with E-state index in [0.717, 1.165) is 18.7 Å². The molecule has 4 rings (SSSR count). The molecule has 2 amide bonds. The second-order valence-corrected chi connectivity index (χ2v) is 7.17. The monoisotopic (exact) mass is 394 g/mol. The lowest BCUT2D eigenvalue weighted by atomic mass is 10.1. The SMILES string of the molecule is CC1=CC(C#N)=CNC1N1CCN(C(=O)c2ccc(N3CCOC3=O)nc2)CC1. The summed E-state index contributed by atoms with van der Waals surface area (Å²) in [6.07, 6.45) is 4.77. The molecule has 9 heteroatoms. The molecule has 2 fully saturated rings. The van der Waals surface area contributed by atoms with E-state index in [1.54, 1.807) is 18.3 Å². The summed E-state index contributed by atoms with van der Waals surface area (Å²) in [5.41, 5.74) is 2.21. The van der Waals surface area contributed by atoms with Crippen LogP contribution >= 0.6 is 0 Å². The number of carbonyl (C=O) groups excluding carboxylic acids is 2. The van der Waals surface area contributed by atoms with Crippen LogP contribution in [0.3, 0.4) is 0 Å². The molecule has 3 aliphatic heterocycles. The molecule has 0 bridgehead atoms. The second kappa shape index (κ2) is 7.93. The lowest BCUT2D eigenvalue weighted by Crippen LogP contribution is -2.55. The van der Waals surface area contributed by atoms with E-state index in [1.807, 2.05) is 17.9 Å². The van der Waals surface area contributed by atoms with Crippen molar-refractivity contribution in [2.45, 2.75) is 13.1 Å². The number of dihydropyridines is 1. The number of nitrogens with one attached hydrogen (secondary N) is 1. The predicted octanol–water partition coefficient (Wildman–Crippen LogP) is 1.08. The van der Waals surface area contributed by atoms with Crippen molar-refractivity contribution in [3.8, 4) is 6.07 Å². The summed E-state index contributed by atoms with van der Waals surface area (Å²) in [5, 5.41) is 12.3. The van der Waals surface area contributed by atoms with Crippen LogP contribution in [0.25, 0.3) is 0 Å². The highest BCUT2D eigenvalue weighted by Gasteiger charge is 2.29. The molecule has 150 valence electrons. The van der Waals surface area contributed by atoms with Crippen molar-refractivity contribution in [3.63, 3.8) is 0 Å². The third kappa shape index (κ3) is 3.79. The highest BCUT2D eigenvalue weighted by molar-refractivity contribution is 5.95. The number of amides is 2. The molecule has 0 aliphatic carbocycles. The molecule has 1 N–H and O–H groups in total. The van der Waals surface area contributed by atoms with Crippen molar-refractivity contribution in [1.82, 2.24) is 20.1 Å². The molecule has 1 aromatic heterocycles. The minimum absolute atomic E-state index is 0.0468. The van der Waals surface area contributed by atoms with Crippen LogP contribution in [0.2, 0.25) is 0 Å². The zero-order valence-electron chi connectivity index (χ0n) is 16.2. The van der Waals surface area contributed by atoms with Crippen LogP contribution in [0, 0.1) is 11.3 Å². The van der Waals surface area contributed by atoms with Crippen molar-refractivity contribution in [3.05, 3.63) is 47.3 Å². The largest absolute Gasteiger partial charge is 0.447 e. The van der Waals surface area contributed by atoms with Gasteiger partial charge in [0.25, 0.3) is 5.91 Å². The van der Waals surface area contributed by atoms with E-state index in [-0.39, 0.29) is 12.1 Å². The molecular formula is C20H22N6O3. The number of piperazine rings is 1. The molecule has 2 saturated heterocycles. The van der Waals surface area contributed by atoms with Crippen LogP contribution in [0.5, 0.6) is 0 Å². The second-order valence-electron chi connectivity index (χ2n) is 7.17. The number of anilines is 1. The molecular weight excluding hydrogens is 372 g/mol. The predicted molar refractivity (Wildman–Crippen MR) is 105 cm³/mol. The molecule has 0 saturated carbocycles. The van der Waals surface area contributed by atoms with E-state index in [2.05, 4.69) is 21.3 Å². The maximum Gasteiger partial charge on any atom is 0.415 e. The van der Waals surface area contributed by atoms with Gasteiger partial charge < -0.3 is 15.0 Å². The van der Waals surface area contributed by atoms with Gasteiger partial charge in [-0.1, -0.05) is 0 Å². The lowest BCUT2D eigenvalue weighted by molar-refractivity contribution is 0.0578. The number of carbonyl (C=O) groups is 2. The molecule has 0 spiro atoms. The van der Waals surface area contributed by atoms with Gasteiger partial charge >= 0.3 is 6.09 Å². The van der Waals surface area contributed by atoms with Crippen LogP contribution < -0.4 is 10.2 Å². The third-order valence-corrected chi connectivity index (χ3v) is 5.34. The first kappa shape index (κ1) is 19.0. The number of hydrogen-bond donors (Lipinski definition) is 1. The lowest BCUT2D eigenvalue weighted by Gasteiger charge is -2.40. The number of aromatic nitrogens is 1. The molecule has 0 radical (unpaired) electrons. The Bertz CT molecular complexity index is 909.